The quantitative estimate of drug-likeness (QED) is 0.0589. The monoisotopic (exact) mass is 758 g/mol. The first-order valence-electron chi connectivity index (χ1n) is 16.8. The molecule has 0 unspecified atom stereocenters. The van der Waals surface area contributed by atoms with Crippen LogP contribution in [0, 0.1) is 29.1 Å². The van der Waals surface area contributed by atoms with E-state index in [4.69, 9.17) is 18.9 Å². The largest absolute Gasteiger partial charge is 0.431 e. The first kappa shape index (κ1) is 37.0. The van der Waals surface area contributed by atoms with Crippen molar-refractivity contribution >= 4 is 17.7 Å². The van der Waals surface area contributed by atoms with E-state index < -0.39 is 46.8 Å². The number of oxazole rings is 1. The Bertz CT molecular complexity index is 2150. The topological polar surface area (TPSA) is 93.8 Å². The van der Waals surface area contributed by atoms with Crippen LogP contribution < -0.4 is 5.32 Å². The number of hydrogen-bond acceptors (Lipinski definition) is 7. The van der Waals surface area contributed by atoms with E-state index in [1.807, 2.05) is 84.9 Å². The van der Waals surface area contributed by atoms with Gasteiger partial charge in [-0.05, 0) is 16.7 Å². The maximum atomic E-state index is 14.1. The molecule has 1 aromatic heterocycles. The molecule has 2 heterocycles. The maximum absolute atomic E-state index is 14.1. The van der Waals surface area contributed by atoms with E-state index in [0.717, 1.165) is 27.9 Å². The molecule has 5 aromatic carbocycles. The van der Waals surface area contributed by atoms with Crippen molar-refractivity contribution in [3.63, 3.8) is 0 Å². The molecule has 6 aromatic rings. The van der Waals surface area contributed by atoms with Crippen molar-refractivity contribution in [3.05, 3.63) is 166 Å². The molecule has 0 spiro atoms. The fourth-order valence-electron chi connectivity index (χ4n) is 5.99. The van der Waals surface area contributed by atoms with Crippen molar-refractivity contribution in [3.8, 4) is 22.6 Å². The standard InChI is InChI=1S/C41H31F5N2O5S/c42-32-31(33(43)35(45)36(46)34(32)44)39(50)47-20-23-11-17-28(18-12-23)40-51-29(19-30(52-40)25-15-13-24(21-49)14-16-25)22-54-41-48-37(26-7-3-1-4-8-26)38(53-41)27-9-5-2-6-10-27/h1-18,29-30,40,49H,19-22H2,(H,47,50)/t29-,30+,40+/m0/s1. The minimum Gasteiger partial charge on any atom is -0.431 e. The summed E-state index contributed by atoms with van der Waals surface area (Å²) in [7, 11) is 0. The number of rotatable bonds is 11. The number of nitrogens with one attached hydrogen (secondary N) is 1. The first-order chi connectivity index (χ1) is 26.2. The van der Waals surface area contributed by atoms with Crippen LogP contribution >= 0.6 is 11.8 Å². The smallest absolute Gasteiger partial charge is 0.257 e. The van der Waals surface area contributed by atoms with Crippen LogP contribution in [-0.2, 0) is 22.6 Å². The third kappa shape index (κ3) is 7.94. The second-order valence-corrected chi connectivity index (χ2v) is 13.4. The minimum absolute atomic E-state index is 0.1000. The lowest BCUT2D eigenvalue weighted by molar-refractivity contribution is -0.245. The summed E-state index contributed by atoms with van der Waals surface area (Å²) in [6.45, 7) is -0.368. The highest BCUT2D eigenvalue weighted by Crippen LogP contribution is 2.41. The van der Waals surface area contributed by atoms with Gasteiger partial charge in [-0.15, -0.1) is 0 Å². The number of nitrogens with zero attached hydrogens (tertiary/aromatic N) is 1. The molecular formula is C41H31F5N2O5S. The van der Waals surface area contributed by atoms with Crippen molar-refractivity contribution in [2.45, 2.75) is 43.3 Å². The van der Waals surface area contributed by atoms with E-state index in [1.54, 1.807) is 24.3 Å². The molecular weight excluding hydrogens is 728 g/mol. The molecule has 0 saturated carbocycles. The Kier molecular flexibility index (Phi) is 11.2. The van der Waals surface area contributed by atoms with Gasteiger partial charge in [0.05, 0.1) is 18.8 Å². The van der Waals surface area contributed by atoms with Crippen molar-refractivity contribution in [1.29, 1.82) is 0 Å². The molecule has 0 aliphatic carbocycles. The molecule has 0 bridgehead atoms. The molecule has 54 heavy (non-hydrogen) atoms. The van der Waals surface area contributed by atoms with Gasteiger partial charge in [0.15, 0.2) is 35.3 Å². The Labute approximate surface area is 310 Å². The lowest BCUT2D eigenvalue weighted by Crippen LogP contribution is -2.31. The number of ether oxygens (including phenoxy) is 2. The lowest BCUT2D eigenvalue weighted by Gasteiger charge is -2.36. The number of thioether (sulfide) groups is 1. The average molecular weight is 759 g/mol. The molecule has 1 saturated heterocycles. The van der Waals surface area contributed by atoms with Crippen LogP contribution in [0.25, 0.3) is 22.6 Å². The first-order valence-corrected chi connectivity index (χ1v) is 17.8. The Hall–Kier alpha value is -5.34. The van der Waals surface area contributed by atoms with Crippen molar-refractivity contribution < 1.29 is 45.7 Å². The number of carbonyl (C=O) groups excluding carboxylic acids is 1. The number of benzene rings is 5. The number of halogens is 5. The number of aliphatic hydroxyl groups is 1. The molecule has 7 nitrogen and oxygen atoms in total. The van der Waals surface area contributed by atoms with E-state index >= 15 is 0 Å². The fourth-order valence-corrected chi connectivity index (χ4v) is 6.83. The highest BCUT2D eigenvalue weighted by Gasteiger charge is 2.33. The van der Waals surface area contributed by atoms with Gasteiger partial charge in [-0.25, -0.2) is 26.9 Å². The van der Waals surface area contributed by atoms with Crippen LogP contribution in [0.15, 0.2) is 119 Å². The van der Waals surface area contributed by atoms with Gasteiger partial charge in [-0.2, -0.15) is 0 Å². The molecule has 3 atom stereocenters. The Balaban J connectivity index is 1.08. The summed E-state index contributed by atoms with van der Waals surface area (Å²) >= 11 is 1.41. The predicted octanol–water partition coefficient (Wildman–Crippen LogP) is 9.46. The second kappa shape index (κ2) is 16.4. The van der Waals surface area contributed by atoms with Gasteiger partial charge in [0.25, 0.3) is 11.1 Å². The van der Waals surface area contributed by atoms with Gasteiger partial charge in [-0.3, -0.25) is 4.79 Å². The molecule has 1 fully saturated rings. The van der Waals surface area contributed by atoms with E-state index in [1.165, 1.54) is 11.8 Å². The zero-order chi connectivity index (χ0) is 37.8. The van der Waals surface area contributed by atoms with E-state index in [-0.39, 0.29) is 25.4 Å². The van der Waals surface area contributed by atoms with Crippen LogP contribution in [0.3, 0.4) is 0 Å². The number of aliphatic hydroxyl groups excluding tert-OH is 1. The molecule has 13 heteroatoms. The SMILES string of the molecule is O=C(NCc1ccc([C@@H]2O[C@H](CSc3nc(-c4ccccc4)c(-c4ccccc4)o3)C[C@H](c3ccc(CO)cc3)O2)cc1)c1c(F)c(F)c(F)c(F)c1F. The van der Waals surface area contributed by atoms with E-state index in [2.05, 4.69) is 5.32 Å². The van der Waals surface area contributed by atoms with Gasteiger partial charge >= 0.3 is 0 Å². The molecule has 2 N–H and O–H groups in total. The van der Waals surface area contributed by atoms with Crippen LogP contribution in [0.1, 0.15) is 51.4 Å². The van der Waals surface area contributed by atoms with Gasteiger partial charge in [0, 0.05) is 35.4 Å². The molecule has 1 aliphatic heterocycles. The Morgan fingerprint density at radius 2 is 1.30 bits per heavy atom. The maximum Gasteiger partial charge on any atom is 0.257 e. The van der Waals surface area contributed by atoms with Gasteiger partial charge < -0.3 is 24.3 Å². The third-order valence-corrected chi connectivity index (χ3v) is 9.80. The van der Waals surface area contributed by atoms with E-state index in [9.17, 15) is 31.9 Å². The van der Waals surface area contributed by atoms with Crippen LogP contribution in [0.4, 0.5) is 22.0 Å². The van der Waals surface area contributed by atoms with Gasteiger partial charge in [0.1, 0.15) is 11.3 Å². The highest BCUT2D eigenvalue weighted by molar-refractivity contribution is 7.99. The van der Waals surface area contributed by atoms with Crippen LogP contribution in [-0.4, -0.2) is 27.9 Å². The molecule has 7 rings (SSSR count). The van der Waals surface area contributed by atoms with Crippen molar-refractivity contribution in [2.24, 2.45) is 0 Å². The summed E-state index contributed by atoms with van der Waals surface area (Å²) in [6, 6.07) is 33.6. The minimum atomic E-state index is -2.35. The molecule has 0 radical (unpaired) electrons. The predicted molar refractivity (Wildman–Crippen MR) is 190 cm³/mol. The fraction of sp³-hybridized carbons (Fsp3) is 0.171. The molecule has 1 aliphatic rings. The number of amides is 1. The van der Waals surface area contributed by atoms with Crippen molar-refractivity contribution in [2.75, 3.05) is 5.75 Å². The highest BCUT2D eigenvalue weighted by atomic mass is 32.2. The number of aromatic nitrogens is 1. The van der Waals surface area contributed by atoms with Gasteiger partial charge in [-0.1, -0.05) is 121 Å². The summed E-state index contributed by atoms with van der Waals surface area (Å²) in [6.07, 6.45) is -1.04. The van der Waals surface area contributed by atoms with Crippen LogP contribution in [0.2, 0.25) is 0 Å². The summed E-state index contributed by atoms with van der Waals surface area (Å²) in [5, 5.41) is 12.2. The summed E-state index contributed by atoms with van der Waals surface area (Å²) in [5.41, 5.74) is 3.72. The van der Waals surface area contributed by atoms with E-state index in [0.29, 0.717) is 34.3 Å². The lowest BCUT2D eigenvalue weighted by atomic mass is 10.0. The third-order valence-electron chi connectivity index (χ3n) is 8.84. The molecule has 1 amide bonds. The number of carbonyl (C=O) groups is 1. The Morgan fingerprint density at radius 1 is 0.722 bits per heavy atom. The zero-order valence-electron chi connectivity index (χ0n) is 28.3. The average Bonchev–Trinajstić information content (AvgIpc) is 3.66. The number of hydrogen-bond donors (Lipinski definition) is 2. The molecule has 276 valence electrons. The van der Waals surface area contributed by atoms with Gasteiger partial charge in [0.2, 0.25) is 5.82 Å². The summed E-state index contributed by atoms with van der Waals surface area (Å²) in [5.74, 6) is -11.5. The van der Waals surface area contributed by atoms with Crippen molar-refractivity contribution in [1.82, 2.24) is 10.3 Å². The normalized spacial score (nSPS) is 17.0. The van der Waals surface area contributed by atoms with Crippen LogP contribution in [0.5, 0.6) is 0 Å². The summed E-state index contributed by atoms with van der Waals surface area (Å²) in [4.78, 5) is 17.3. The zero-order valence-corrected chi connectivity index (χ0v) is 29.1. The second-order valence-electron chi connectivity index (χ2n) is 12.4. The Morgan fingerprint density at radius 3 is 1.93 bits per heavy atom. The summed E-state index contributed by atoms with van der Waals surface area (Å²) < 4.78 is 88.2.